The first-order chi connectivity index (χ1) is 10.9. The molecule has 1 aromatic carbocycles. The van der Waals surface area contributed by atoms with Gasteiger partial charge in [0.15, 0.2) is 0 Å². The second-order valence-corrected chi connectivity index (χ2v) is 8.96. The van der Waals surface area contributed by atoms with Crippen LogP contribution >= 0.6 is 0 Å². The quantitative estimate of drug-likeness (QED) is 0.861. The van der Waals surface area contributed by atoms with E-state index in [1.54, 1.807) is 13.8 Å². The van der Waals surface area contributed by atoms with Gasteiger partial charge in [0.1, 0.15) is 12.4 Å². The monoisotopic (exact) mass is 339 g/mol. The molecule has 2 aliphatic rings. The lowest BCUT2D eigenvalue weighted by Crippen LogP contribution is -2.39. The molecule has 3 rings (SSSR count). The summed E-state index contributed by atoms with van der Waals surface area (Å²) in [5.41, 5.74) is 2.37. The molecule has 0 spiro atoms. The van der Waals surface area contributed by atoms with Crippen LogP contribution < -0.4 is 9.46 Å². The van der Waals surface area contributed by atoms with E-state index in [0.29, 0.717) is 6.61 Å². The summed E-state index contributed by atoms with van der Waals surface area (Å²) in [5, 5.41) is -0.406. The minimum Gasteiger partial charge on any atom is -0.491 e. The minimum absolute atomic E-state index is 0.0502. The molecular formula is C17H25NO4S. The molecule has 1 fully saturated rings. The molecule has 2 unspecified atom stereocenters. The molecule has 1 saturated heterocycles. The van der Waals surface area contributed by atoms with E-state index in [4.69, 9.17) is 9.47 Å². The van der Waals surface area contributed by atoms with Gasteiger partial charge >= 0.3 is 0 Å². The maximum Gasteiger partial charge on any atom is 0.214 e. The summed E-state index contributed by atoms with van der Waals surface area (Å²) in [6.07, 6.45) is 3.83. The van der Waals surface area contributed by atoms with Crippen LogP contribution in [0.2, 0.25) is 0 Å². The average Bonchev–Trinajstić information content (AvgIpc) is 3.12. The van der Waals surface area contributed by atoms with Gasteiger partial charge in [0.25, 0.3) is 0 Å². The summed E-state index contributed by atoms with van der Waals surface area (Å²) >= 11 is 0. The number of fused-ring (bicyclic) bond motifs is 1. The second-order valence-electron chi connectivity index (χ2n) is 6.69. The highest BCUT2D eigenvalue weighted by Crippen LogP contribution is 2.27. The van der Waals surface area contributed by atoms with Gasteiger partial charge in [-0.3, -0.25) is 0 Å². The number of hydrogen-bond donors (Lipinski definition) is 1. The van der Waals surface area contributed by atoms with Crippen LogP contribution in [0.5, 0.6) is 5.75 Å². The Bertz CT molecular complexity index is 651. The molecule has 1 aliphatic heterocycles. The van der Waals surface area contributed by atoms with Crippen molar-refractivity contribution in [2.24, 2.45) is 0 Å². The largest absolute Gasteiger partial charge is 0.491 e. The Morgan fingerprint density at radius 3 is 2.78 bits per heavy atom. The van der Waals surface area contributed by atoms with E-state index in [9.17, 15) is 8.42 Å². The Kier molecular flexibility index (Phi) is 4.94. The fourth-order valence-electron chi connectivity index (χ4n) is 3.10. The summed E-state index contributed by atoms with van der Waals surface area (Å²) < 4.78 is 38.2. The van der Waals surface area contributed by atoms with Crippen LogP contribution in [0.15, 0.2) is 18.2 Å². The number of rotatable bonds is 6. The van der Waals surface area contributed by atoms with Crippen molar-refractivity contribution in [2.75, 3.05) is 13.2 Å². The molecule has 1 N–H and O–H groups in total. The topological polar surface area (TPSA) is 64.6 Å². The van der Waals surface area contributed by atoms with E-state index in [-0.39, 0.29) is 12.1 Å². The van der Waals surface area contributed by atoms with Gasteiger partial charge < -0.3 is 9.47 Å². The first kappa shape index (κ1) is 16.7. The molecule has 0 amide bonds. The Labute approximate surface area is 138 Å². The number of nitrogens with one attached hydrogen (secondary N) is 1. The molecule has 6 heteroatoms. The maximum absolute atomic E-state index is 12.0. The predicted molar refractivity (Wildman–Crippen MR) is 89.3 cm³/mol. The molecule has 128 valence electrons. The summed E-state index contributed by atoms with van der Waals surface area (Å²) in [7, 11) is -3.23. The Morgan fingerprint density at radius 2 is 2.09 bits per heavy atom. The molecule has 23 heavy (non-hydrogen) atoms. The van der Waals surface area contributed by atoms with Gasteiger partial charge in [-0.1, -0.05) is 6.07 Å². The molecule has 5 nitrogen and oxygen atoms in total. The van der Waals surface area contributed by atoms with Crippen molar-refractivity contribution in [3.63, 3.8) is 0 Å². The van der Waals surface area contributed by atoms with Crippen molar-refractivity contribution in [1.29, 1.82) is 0 Å². The highest BCUT2D eigenvalue weighted by Gasteiger charge is 2.27. The lowest BCUT2D eigenvalue weighted by atomic mass is 10.1. The van der Waals surface area contributed by atoms with Gasteiger partial charge in [0, 0.05) is 12.6 Å². The van der Waals surface area contributed by atoms with Crippen LogP contribution in [0.25, 0.3) is 0 Å². The third-order valence-corrected chi connectivity index (χ3v) is 6.42. The smallest absolute Gasteiger partial charge is 0.214 e. The standard InChI is InChI=1S/C17H25NO4S/c1-12(2)23(19,20)18-15-8-13-5-6-16(10-14(13)9-15)22-11-17-4-3-7-21-17/h5-6,10,12,15,17-18H,3-4,7-9,11H2,1-2H3. The molecule has 1 heterocycles. The van der Waals surface area contributed by atoms with Gasteiger partial charge in [-0.25, -0.2) is 13.1 Å². The first-order valence-electron chi connectivity index (χ1n) is 8.31. The lowest BCUT2D eigenvalue weighted by Gasteiger charge is -2.14. The summed E-state index contributed by atoms with van der Waals surface area (Å²) in [5.74, 6) is 0.839. The average molecular weight is 339 g/mol. The third-order valence-electron chi connectivity index (χ3n) is 4.52. The van der Waals surface area contributed by atoms with Crippen LogP contribution in [-0.4, -0.2) is 39.0 Å². The molecule has 0 bridgehead atoms. The van der Waals surface area contributed by atoms with E-state index in [2.05, 4.69) is 4.72 Å². The molecule has 0 saturated carbocycles. The zero-order chi connectivity index (χ0) is 16.4. The highest BCUT2D eigenvalue weighted by molar-refractivity contribution is 7.90. The number of hydrogen-bond acceptors (Lipinski definition) is 4. The van der Waals surface area contributed by atoms with Crippen molar-refractivity contribution in [2.45, 2.75) is 56.9 Å². The number of benzene rings is 1. The highest BCUT2D eigenvalue weighted by atomic mass is 32.2. The van der Waals surface area contributed by atoms with Crippen LogP contribution in [0.4, 0.5) is 0 Å². The van der Waals surface area contributed by atoms with Crippen molar-refractivity contribution >= 4 is 10.0 Å². The van der Waals surface area contributed by atoms with Crippen molar-refractivity contribution in [3.8, 4) is 5.75 Å². The van der Waals surface area contributed by atoms with Crippen molar-refractivity contribution < 1.29 is 17.9 Å². The van der Waals surface area contributed by atoms with Crippen LogP contribution in [-0.2, 0) is 27.6 Å². The van der Waals surface area contributed by atoms with Crippen LogP contribution in [0.3, 0.4) is 0 Å². The Balaban J connectivity index is 1.59. The summed E-state index contributed by atoms with van der Waals surface area (Å²) in [6.45, 7) is 4.81. The van der Waals surface area contributed by atoms with Crippen LogP contribution in [0.1, 0.15) is 37.8 Å². The van der Waals surface area contributed by atoms with E-state index >= 15 is 0 Å². The fraction of sp³-hybridized carbons (Fsp3) is 0.647. The Hall–Kier alpha value is -1.11. The van der Waals surface area contributed by atoms with Gasteiger partial charge in [-0.15, -0.1) is 0 Å². The fourth-order valence-corrected chi connectivity index (χ4v) is 4.00. The first-order valence-corrected chi connectivity index (χ1v) is 9.86. The molecule has 2 atom stereocenters. The molecule has 0 radical (unpaired) electrons. The van der Waals surface area contributed by atoms with Gasteiger partial charge in [0.2, 0.25) is 10.0 Å². The van der Waals surface area contributed by atoms with Crippen molar-refractivity contribution in [1.82, 2.24) is 4.72 Å². The van der Waals surface area contributed by atoms with Gasteiger partial charge in [-0.2, -0.15) is 0 Å². The lowest BCUT2D eigenvalue weighted by molar-refractivity contribution is 0.0679. The Morgan fingerprint density at radius 1 is 1.30 bits per heavy atom. The normalized spacial score (nSPS) is 24.1. The van der Waals surface area contributed by atoms with Gasteiger partial charge in [-0.05, 0) is 62.8 Å². The predicted octanol–water partition coefficient (Wildman–Crippen LogP) is 2.04. The van der Waals surface area contributed by atoms with Crippen molar-refractivity contribution in [3.05, 3.63) is 29.3 Å². The molecule has 0 aromatic heterocycles. The van der Waals surface area contributed by atoms with E-state index in [0.717, 1.165) is 38.0 Å². The number of ether oxygens (including phenoxy) is 2. The number of sulfonamides is 1. The summed E-state index contributed by atoms with van der Waals surface area (Å²) in [4.78, 5) is 0. The second kappa shape index (κ2) is 6.79. The molecule has 1 aliphatic carbocycles. The van der Waals surface area contributed by atoms with E-state index in [1.807, 2.05) is 18.2 Å². The van der Waals surface area contributed by atoms with Gasteiger partial charge in [0.05, 0.1) is 11.4 Å². The van der Waals surface area contributed by atoms with E-state index in [1.165, 1.54) is 11.1 Å². The summed E-state index contributed by atoms with van der Waals surface area (Å²) in [6, 6.07) is 6.00. The zero-order valence-corrected chi connectivity index (χ0v) is 14.6. The minimum atomic E-state index is -3.23. The molecular weight excluding hydrogens is 314 g/mol. The molecule has 1 aromatic rings. The van der Waals surface area contributed by atoms with E-state index < -0.39 is 15.3 Å². The van der Waals surface area contributed by atoms with Crippen LogP contribution in [0, 0.1) is 0 Å². The SMILES string of the molecule is CC(C)S(=O)(=O)NC1Cc2ccc(OCC3CCCO3)cc2C1. The third kappa shape index (κ3) is 4.05. The maximum atomic E-state index is 12.0. The zero-order valence-electron chi connectivity index (χ0n) is 13.7.